The Kier molecular flexibility index (Phi) is 5.21. The van der Waals surface area contributed by atoms with Gasteiger partial charge in [0, 0.05) is 0 Å². The number of ether oxygens (including phenoxy) is 2. The quantitative estimate of drug-likeness (QED) is 0.469. The second kappa shape index (κ2) is 5.66. The van der Waals surface area contributed by atoms with Crippen LogP contribution in [0.4, 0.5) is 0 Å². The number of carbonyl (C=O) groups excluding carboxylic acids is 2. The van der Waals surface area contributed by atoms with Gasteiger partial charge < -0.3 is 9.47 Å². The van der Waals surface area contributed by atoms with Crippen molar-refractivity contribution >= 4 is 19.7 Å². The van der Waals surface area contributed by atoms with Crippen LogP contribution in [-0.2, 0) is 23.6 Å². The lowest BCUT2D eigenvalue weighted by Gasteiger charge is -1.90. The van der Waals surface area contributed by atoms with E-state index in [0.29, 0.717) is 0 Å². The molecule has 0 aliphatic rings. The Balaban J connectivity index is 3.74. The van der Waals surface area contributed by atoms with Crippen LogP contribution in [0, 0.1) is 0 Å². The van der Waals surface area contributed by atoms with Crippen LogP contribution in [0.3, 0.4) is 0 Å². The van der Waals surface area contributed by atoms with Crippen LogP contribution in [0.2, 0.25) is 0 Å². The number of methoxy groups -OCH3 is 2. The van der Waals surface area contributed by atoms with Crippen molar-refractivity contribution in [1.82, 2.24) is 0 Å². The van der Waals surface area contributed by atoms with Gasteiger partial charge in [-0.2, -0.15) is 0 Å². The smallest absolute Gasteiger partial charge is 0.362 e. The lowest BCUT2D eigenvalue weighted by molar-refractivity contribution is -0.137. The first-order chi connectivity index (χ1) is 5.60. The van der Waals surface area contributed by atoms with E-state index in [9.17, 15) is 14.2 Å². The summed E-state index contributed by atoms with van der Waals surface area (Å²) in [5.41, 5.74) is 0. The molecule has 0 aromatic rings. The van der Waals surface area contributed by atoms with E-state index in [2.05, 4.69) is 9.47 Å². The van der Waals surface area contributed by atoms with Crippen molar-refractivity contribution in [3.63, 3.8) is 0 Å². The van der Waals surface area contributed by atoms with Crippen molar-refractivity contribution in [2.24, 2.45) is 0 Å². The third-order valence-electron chi connectivity index (χ3n) is 1.07. The summed E-state index contributed by atoms with van der Waals surface area (Å²) in [7, 11) is 0.526. The van der Waals surface area contributed by atoms with Crippen molar-refractivity contribution in [3.8, 4) is 0 Å². The molecule has 12 heavy (non-hydrogen) atoms. The zero-order valence-corrected chi connectivity index (χ0v) is 7.80. The Morgan fingerprint density at radius 1 is 1.08 bits per heavy atom. The summed E-state index contributed by atoms with van der Waals surface area (Å²) in [4.78, 5) is 21.1. The fourth-order valence-electron chi connectivity index (χ4n) is 0.473. The molecule has 68 valence electrons. The summed E-state index contributed by atoms with van der Waals surface area (Å²) < 4.78 is 19.5. The second-order valence-electron chi connectivity index (χ2n) is 1.95. The molecule has 0 rings (SSSR count). The third-order valence-corrected chi connectivity index (χ3v) is 2.29. The van der Waals surface area contributed by atoms with Gasteiger partial charge in [0.1, 0.15) is 0 Å². The molecule has 0 aliphatic carbocycles. The van der Waals surface area contributed by atoms with Crippen LogP contribution >= 0.6 is 7.80 Å². The van der Waals surface area contributed by atoms with E-state index in [1.54, 1.807) is 0 Å². The molecule has 0 aromatic carbocycles. The molecular weight excluding hydrogens is 183 g/mol. The summed E-state index contributed by atoms with van der Waals surface area (Å²) in [6.45, 7) is 0. The highest BCUT2D eigenvalue weighted by atomic mass is 31.1. The maximum Gasteiger partial charge on any atom is 0.362 e. The molecule has 0 unspecified atom stereocenters. The lowest BCUT2D eigenvalue weighted by atomic mass is 10.8. The molecule has 0 amide bonds. The molecule has 6 heteroatoms. The van der Waals surface area contributed by atoms with E-state index >= 15 is 0 Å². The Labute approximate surface area is 70.8 Å². The minimum absolute atomic E-state index is 0.235. The van der Waals surface area contributed by atoms with Crippen molar-refractivity contribution in [3.05, 3.63) is 0 Å². The first-order valence-corrected chi connectivity index (χ1v) is 4.79. The number of carbonyl (C=O) groups is 2. The fourth-order valence-corrected chi connectivity index (χ4v) is 1.42. The number of rotatable bonds is 4. The first kappa shape index (κ1) is 11.0. The van der Waals surface area contributed by atoms with E-state index in [1.165, 1.54) is 14.2 Å². The zero-order chi connectivity index (χ0) is 9.56. The van der Waals surface area contributed by atoms with E-state index < -0.39 is 19.7 Å². The van der Waals surface area contributed by atoms with Gasteiger partial charge in [0.25, 0.3) is 0 Å². The number of hydrogen-bond donors (Lipinski definition) is 0. The van der Waals surface area contributed by atoms with Crippen LogP contribution in [0.15, 0.2) is 0 Å². The van der Waals surface area contributed by atoms with Crippen LogP contribution in [0.25, 0.3) is 0 Å². The van der Waals surface area contributed by atoms with Crippen molar-refractivity contribution in [1.29, 1.82) is 0 Å². The van der Waals surface area contributed by atoms with Gasteiger partial charge in [-0.25, -0.2) is 9.59 Å². The van der Waals surface area contributed by atoms with Gasteiger partial charge in [-0.15, -0.1) is 0 Å². The average molecular weight is 193 g/mol. The molecule has 0 aliphatic heterocycles. The molecule has 0 bridgehead atoms. The summed E-state index contributed by atoms with van der Waals surface area (Å²) in [6, 6.07) is 0. The SMILES string of the molecule is COC(=O)C[P+](=O)CC(=O)OC. The Morgan fingerprint density at radius 3 is 1.67 bits per heavy atom. The molecule has 0 radical (unpaired) electrons. The van der Waals surface area contributed by atoms with E-state index in [0.717, 1.165) is 0 Å². The van der Waals surface area contributed by atoms with Crippen LogP contribution in [0.5, 0.6) is 0 Å². The van der Waals surface area contributed by atoms with E-state index in [-0.39, 0.29) is 12.3 Å². The molecule has 0 saturated carbocycles. The van der Waals surface area contributed by atoms with Gasteiger partial charge >= 0.3 is 19.7 Å². The molecule has 0 aromatic heterocycles. The van der Waals surface area contributed by atoms with Crippen molar-refractivity contribution < 1.29 is 23.6 Å². The molecule has 0 fully saturated rings. The van der Waals surface area contributed by atoms with Crippen LogP contribution in [-0.4, -0.2) is 38.5 Å². The van der Waals surface area contributed by atoms with Crippen molar-refractivity contribution in [2.45, 2.75) is 0 Å². The Morgan fingerprint density at radius 2 is 1.42 bits per heavy atom. The highest BCUT2D eigenvalue weighted by molar-refractivity contribution is 7.46. The predicted molar refractivity (Wildman–Crippen MR) is 41.4 cm³/mol. The molecule has 0 spiro atoms. The second-order valence-corrected chi connectivity index (χ2v) is 3.55. The number of hydrogen-bond acceptors (Lipinski definition) is 5. The zero-order valence-electron chi connectivity index (χ0n) is 6.90. The van der Waals surface area contributed by atoms with E-state index in [4.69, 9.17) is 0 Å². The monoisotopic (exact) mass is 193 g/mol. The van der Waals surface area contributed by atoms with Gasteiger partial charge in [0.05, 0.1) is 14.2 Å². The molecule has 5 nitrogen and oxygen atoms in total. The largest absolute Gasteiger partial charge is 0.466 e. The molecular formula is C6H10O5P+. The summed E-state index contributed by atoms with van der Waals surface area (Å²) >= 11 is 0. The highest BCUT2D eigenvalue weighted by Gasteiger charge is 2.25. The maximum absolute atomic E-state index is 10.9. The lowest BCUT2D eigenvalue weighted by Crippen LogP contribution is -2.09. The summed E-state index contributed by atoms with van der Waals surface area (Å²) in [5, 5.41) is 0. The molecule has 0 N–H and O–H groups in total. The van der Waals surface area contributed by atoms with Gasteiger partial charge in [-0.1, -0.05) is 4.57 Å². The fraction of sp³-hybridized carbons (Fsp3) is 0.667. The van der Waals surface area contributed by atoms with E-state index in [1.807, 2.05) is 0 Å². The van der Waals surface area contributed by atoms with Crippen molar-refractivity contribution in [2.75, 3.05) is 26.5 Å². The van der Waals surface area contributed by atoms with Gasteiger partial charge in [0.2, 0.25) is 12.3 Å². The normalized spacial score (nSPS) is 8.83. The van der Waals surface area contributed by atoms with Crippen LogP contribution < -0.4 is 0 Å². The van der Waals surface area contributed by atoms with Crippen LogP contribution in [0.1, 0.15) is 0 Å². The van der Waals surface area contributed by atoms with Gasteiger partial charge in [-0.05, 0) is 0 Å². The topological polar surface area (TPSA) is 69.7 Å². The third kappa shape index (κ3) is 4.79. The predicted octanol–water partition coefficient (Wildman–Crippen LogP) is 0.160. The number of esters is 2. The maximum atomic E-state index is 10.9. The Bertz CT molecular complexity index is 180. The molecule has 0 atom stereocenters. The molecule has 0 saturated heterocycles. The van der Waals surface area contributed by atoms with Gasteiger partial charge in [0.15, 0.2) is 0 Å². The minimum Gasteiger partial charge on any atom is -0.466 e. The summed E-state index contributed by atoms with van der Waals surface area (Å²) in [6.07, 6.45) is -0.470. The molecule has 0 heterocycles. The average Bonchev–Trinajstić information content (AvgIpc) is 2.03. The first-order valence-electron chi connectivity index (χ1n) is 3.16. The highest BCUT2D eigenvalue weighted by Crippen LogP contribution is 2.19. The minimum atomic E-state index is -1.87. The standard InChI is InChI=1S/C6H10O5P/c1-10-5(7)3-12(9)4-6(8)11-2/h3-4H2,1-2H3/q+1. The Hall–Kier alpha value is -0.960. The van der Waals surface area contributed by atoms with Gasteiger partial charge in [-0.3, -0.25) is 0 Å². The summed E-state index contributed by atoms with van der Waals surface area (Å²) in [5.74, 6) is -1.17.